The first kappa shape index (κ1) is 9.19. The molecule has 2 aromatic rings. The van der Waals surface area contributed by atoms with Crippen LogP contribution in [0.5, 0.6) is 0 Å². The molecule has 0 fully saturated rings. The minimum absolute atomic E-state index is 0.467. The zero-order valence-electron chi connectivity index (χ0n) is 9.07. The molecule has 3 nitrogen and oxygen atoms in total. The number of pyridine rings is 1. The fraction of sp³-hybridized carbons (Fsp3) is 0.455. The number of hydrogen-bond acceptors (Lipinski definition) is 2. The summed E-state index contributed by atoms with van der Waals surface area (Å²) < 4.78 is 2.03. The van der Waals surface area contributed by atoms with Gasteiger partial charge in [0.2, 0.25) is 0 Å². The molecule has 0 N–H and O–H groups in total. The molecule has 0 unspecified atom stereocenters. The Labute approximate surface area is 83.8 Å². The van der Waals surface area contributed by atoms with Crippen LogP contribution < -0.4 is 0 Å². The van der Waals surface area contributed by atoms with E-state index < -0.39 is 0 Å². The summed E-state index contributed by atoms with van der Waals surface area (Å²) in [6.07, 6.45) is 0. The first-order chi connectivity index (χ1) is 6.59. The lowest BCUT2D eigenvalue weighted by Crippen LogP contribution is -1.96. The summed E-state index contributed by atoms with van der Waals surface area (Å²) in [6.45, 7) is 6.30. The van der Waals surface area contributed by atoms with Crippen molar-refractivity contribution in [2.45, 2.75) is 26.7 Å². The second-order valence-electron chi connectivity index (χ2n) is 3.95. The van der Waals surface area contributed by atoms with Crippen LogP contribution in [0.25, 0.3) is 11.2 Å². The number of aryl methyl sites for hydroxylation is 2. The standard InChI is InChI=1S/C11H15N3/c1-7(2)9-5-6-10-11(13-9)14(4)8(3)12-10/h5-7H,1-4H3. The first-order valence-electron chi connectivity index (χ1n) is 4.89. The third-order valence-corrected chi connectivity index (χ3v) is 2.55. The molecule has 0 bridgehead atoms. The zero-order chi connectivity index (χ0) is 10.3. The Kier molecular flexibility index (Phi) is 2.02. The smallest absolute Gasteiger partial charge is 0.159 e. The molecule has 14 heavy (non-hydrogen) atoms. The Bertz CT molecular complexity index is 469. The minimum Gasteiger partial charge on any atom is -0.316 e. The van der Waals surface area contributed by atoms with E-state index in [9.17, 15) is 0 Å². The number of aromatic nitrogens is 3. The van der Waals surface area contributed by atoms with Crippen molar-refractivity contribution in [3.05, 3.63) is 23.7 Å². The molecule has 2 aromatic heterocycles. The van der Waals surface area contributed by atoms with E-state index in [1.165, 1.54) is 0 Å². The molecule has 3 heteroatoms. The largest absolute Gasteiger partial charge is 0.316 e. The van der Waals surface area contributed by atoms with Crippen LogP contribution in [0.3, 0.4) is 0 Å². The molecule has 0 aromatic carbocycles. The average molecular weight is 189 g/mol. The molecule has 0 atom stereocenters. The maximum absolute atomic E-state index is 4.60. The van der Waals surface area contributed by atoms with Crippen LogP contribution in [0, 0.1) is 6.92 Å². The van der Waals surface area contributed by atoms with E-state index in [4.69, 9.17) is 0 Å². The zero-order valence-corrected chi connectivity index (χ0v) is 9.07. The normalized spacial score (nSPS) is 11.5. The van der Waals surface area contributed by atoms with E-state index in [0.717, 1.165) is 22.7 Å². The van der Waals surface area contributed by atoms with Gasteiger partial charge in [0.1, 0.15) is 11.3 Å². The maximum atomic E-state index is 4.60. The molecule has 0 saturated heterocycles. The SMILES string of the molecule is Cc1nc2ccc(C(C)C)nc2n1C. The Morgan fingerprint density at radius 2 is 1.93 bits per heavy atom. The molecule has 0 saturated carbocycles. The molecular formula is C11H15N3. The molecule has 0 spiro atoms. The molecule has 0 amide bonds. The number of imidazole rings is 1. The van der Waals surface area contributed by atoms with E-state index in [0.29, 0.717) is 5.92 Å². The maximum Gasteiger partial charge on any atom is 0.159 e. The van der Waals surface area contributed by atoms with Gasteiger partial charge in [-0.3, -0.25) is 0 Å². The molecule has 74 valence electrons. The third-order valence-electron chi connectivity index (χ3n) is 2.55. The van der Waals surface area contributed by atoms with Gasteiger partial charge in [-0.15, -0.1) is 0 Å². The predicted molar refractivity (Wildman–Crippen MR) is 57.3 cm³/mol. The summed E-state index contributed by atoms with van der Waals surface area (Å²) in [5, 5.41) is 0. The second kappa shape index (κ2) is 3.08. The Morgan fingerprint density at radius 3 is 2.57 bits per heavy atom. The lowest BCUT2D eigenvalue weighted by Gasteiger charge is -2.03. The molecule has 2 rings (SSSR count). The van der Waals surface area contributed by atoms with Gasteiger partial charge in [-0.2, -0.15) is 0 Å². The molecule has 2 heterocycles. The monoisotopic (exact) mass is 189 g/mol. The van der Waals surface area contributed by atoms with Crippen molar-refractivity contribution in [1.82, 2.24) is 14.5 Å². The molecule has 0 aliphatic heterocycles. The van der Waals surface area contributed by atoms with Crippen molar-refractivity contribution in [3.63, 3.8) is 0 Å². The second-order valence-corrected chi connectivity index (χ2v) is 3.95. The quantitative estimate of drug-likeness (QED) is 0.689. The highest BCUT2D eigenvalue weighted by molar-refractivity contribution is 5.71. The summed E-state index contributed by atoms with van der Waals surface area (Å²) in [5.74, 6) is 1.48. The summed E-state index contributed by atoms with van der Waals surface area (Å²) >= 11 is 0. The molecule has 0 aliphatic rings. The van der Waals surface area contributed by atoms with Crippen LogP contribution in [-0.2, 0) is 7.05 Å². The summed E-state index contributed by atoms with van der Waals surface area (Å²) in [5.41, 5.74) is 3.09. The van der Waals surface area contributed by atoms with Crippen LogP contribution in [0.4, 0.5) is 0 Å². The van der Waals surface area contributed by atoms with Crippen LogP contribution in [0.15, 0.2) is 12.1 Å². The van der Waals surface area contributed by atoms with Crippen LogP contribution in [-0.4, -0.2) is 14.5 Å². The van der Waals surface area contributed by atoms with Gasteiger partial charge in [0.05, 0.1) is 0 Å². The Morgan fingerprint density at radius 1 is 1.21 bits per heavy atom. The topological polar surface area (TPSA) is 30.7 Å². The molecule has 0 radical (unpaired) electrons. The van der Waals surface area contributed by atoms with Crippen LogP contribution in [0.1, 0.15) is 31.3 Å². The summed E-state index contributed by atoms with van der Waals surface area (Å²) in [6, 6.07) is 4.10. The number of fused-ring (bicyclic) bond motifs is 1. The lowest BCUT2D eigenvalue weighted by atomic mass is 10.1. The van der Waals surface area contributed by atoms with Crippen molar-refractivity contribution in [1.29, 1.82) is 0 Å². The Balaban J connectivity index is 2.69. The highest BCUT2D eigenvalue weighted by Crippen LogP contribution is 2.17. The van der Waals surface area contributed by atoms with Crippen LogP contribution >= 0.6 is 0 Å². The number of rotatable bonds is 1. The molecular weight excluding hydrogens is 174 g/mol. The first-order valence-corrected chi connectivity index (χ1v) is 4.89. The Hall–Kier alpha value is -1.38. The fourth-order valence-corrected chi connectivity index (χ4v) is 1.51. The van der Waals surface area contributed by atoms with Gasteiger partial charge in [-0.05, 0) is 25.0 Å². The van der Waals surface area contributed by atoms with E-state index in [-0.39, 0.29) is 0 Å². The van der Waals surface area contributed by atoms with E-state index in [1.54, 1.807) is 0 Å². The van der Waals surface area contributed by atoms with Gasteiger partial charge in [-0.1, -0.05) is 13.8 Å². The number of hydrogen-bond donors (Lipinski definition) is 0. The van der Waals surface area contributed by atoms with Gasteiger partial charge in [0.25, 0.3) is 0 Å². The molecule has 0 aliphatic carbocycles. The summed E-state index contributed by atoms with van der Waals surface area (Å²) in [7, 11) is 2.00. The highest BCUT2D eigenvalue weighted by Gasteiger charge is 2.07. The lowest BCUT2D eigenvalue weighted by molar-refractivity contribution is 0.814. The van der Waals surface area contributed by atoms with Gasteiger partial charge in [0.15, 0.2) is 5.65 Å². The number of nitrogens with zero attached hydrogens (tertiary/aromatic N) is 3. The van der Waals surface area contributed by atoms with Gasteiger partial charge in [-0.25, -0.2) is 9.97 Å². The van der Waals surface area contributed by atoms with E-state index in [2.05, 4.69) is 29.9 Å². The minimum atomic E-state index is 0.467. The van der Waals surface area contributed by atoms with Crippen molar-refractivity contribution in [2.24, 2.45) is 7.05 Å². The van der Waals surface area contributed by atoms with Crippen molar-refractivity contribution >= 4 is 11.2 Å². The van der Waals surface area contributed by atoms with Crippen LogP contribution in [0.2, 0.25) is 0 Å². The summed E-state index contributed by atoms with van der Waals surface area (Å²) in [4.78, 5) is 9.01. The average Bonchev–Trinajstić information content (AvgIpc) is 2.43. The van der Waals surface area contributed by atoms with Gasteiger partial charge >= 0.3 is 0 Å². The van der Waals surface area contributed by atoms with Gasteiger partial charge in [0, 0.05) is 12.7 Å². The van der Waals surface area contributed by atoms with Crippen molar-refractivity contribution < 1.29 is 0 Å². The fourth-order valence-electron chi connectivity index (χ4n) is 1.51. The third kappa shape index (κ3) is 1.29. The van der Waals surface area contributed by atoms with Gasteiger partial charge < -0.3 is 4.57 Å². The predicted octanol–water partition coefficient (Wildman–Crippen LogP) is 2.40. The van der Waals surface area contributed by atoms with Crippen molar-refractivity contribution in [2.75, 3.05) is 0 Å². The van der Waals surface area contributed by atoms with E-state index >= 15 is 0 Å². The van der Waals surface area contributed by atoms with Crippen molar-refractivity contribution in [3.8, 4) is 0 Å². The van der Waals surface area contributed by atoms with E-state index in [1.807, 2.05) is 24.6 Å². The highest BCUT2D eigenvalue weighted by atomic mass is 15.1.